The van der Waals surface area contributed by atoms with Crippen molar-refractivity contribution in [1.29, 1.82) is 0 Å². The highest BCUT2D eigenvalue weighted by atomic mass is 35.5. The Morgan fingerprint density at radius 2 is 2.15 bits per heavy atom. The van der Waals surface area contributed by atoms with E-state index >= 15 is 0 Å². The van der Waals surface area contributed by atoms with Crippen molar-refractivity contribution in [3.63, 3.8) is 0 Å². The van der Waals surface area contributed by atoms with Crippen molar-refractivity contribution in [1.82, 2.24) is 4.98 Å². The van der Waals surface area contributed by atoms with Crippen molar-refractivity contribution in [3.05, 3.63) is 46.6 Å². The average Bonchev–Trinajstić information content (AvgIpc) is 2.41. The average molecular weight is 328 g/mol. The first-order valence-corrected chi connectivity index (χ1v) is 7.38. The lowest BCUT2D eigenvalue weighted by molar-refractivity contribution is -0.113. The molecule has 0 spiro atoms. The lowest BCUT2D eigenvalue weighted by Gasteiger charge is -2.08. The van der Waals surface area contributed by atoms with E-state index in [0.717, 1.165) is 0 Å². The monoisotopic (exact) mass is 327 g/mol. The Balaban J connectivity index is 1.94. The summed E-state index contributed by atoms with van der Waals surface area (Å²) in [4.78, 5) is 15.9. The second kappa shape index (κ2) is 6.83. The van der Waals surface area contributed by atoms with Crippen LogP contribution in [0, 0.1) is 0 Å². The summed E-state index contributed by atoms with van der Waals surface area (Å²) in [5.74, 6) is 0.00413. The number of carbonyl (C=O) groups is 1. The molecule has 0 saturated carbocycles. The molecule has 104 valence electrons. The molecule has 0 aliphatic rings. The van der Waals surface area contributed by atoms with Crippen LogP contribution in [0.5, 0.6) is 0 Å². The van der Waals surface area contributed by atoms with Crippen LogP contribution in [0.4, 0.5) is 11.4 Å². The molecule has 2 aromatic rings. The molecule has 0 atom stereocenters. The zero-order chi connectivity index (χ0) is 14.5. The van der Waals surface area contributed by atoms with E-state index in [0.29, 0.717) is 26.4 Å². The van der Waals surface area contributed by atoms with Gasteiger partial charge < -0.3 is 11.1 Å². The van der Waals surface area contributed by atoms with E-state index in [1.807, 2.05) is 0 Å². The molecule has 1 heterocycles. The molecular weight excluding hydrogens is 317 g/mol. The number of pyridine rings is 1. The van der Waals surface area contributed by atoms with E-state index in [2.05, 4.69) is 10.3 Å². The molecule has 2 rings (SSSR count). The van der Waals surface area contributed by atoms with Crippen molar-refractivity contribution >= 4 is 52.2 Å². The fourth-order valence-electron chi connectivity index (χ4n) is 1.45. The maximum Gasteiger partial charge on any atom is 0.234 e. The van der Waals surface area contributed by atoms with Crippen molar-refractivity contribution in [2.45, 2.75) is 5.03 Å². The van der Waals surface area contributed by atoms with Crippen molar-refractivity contribution < 1.29 is 4.79 Å². The third kappa shape index (κ3) is 4.03. The summed E-state index contributed by atoms with van der Waals surface area (Å²) in [6, 6.07) is 8.37. The van der Waals surface area contributed by atoms with Gasteiger partial charge in [-0.1, -0.05) is 35.0 Å². The minimum Gasteiger partial charge on any atom is -0.397 e. The third-order valence-electron chi connectivity index (χ3n) is 2.35. The van der Waals surface area contributed by atoms with E-state index in [4.69, 9.17) is 28.9 Å². The van der Waals surface area contributed by atoms with Gasteiger partial charge in [0.1, 0.15) is 5.03 Å². The summed E-state index contributed by atoms with van der Waals surface area (Å²) in [7, 11) is 0. The van der Waals surface area contributed by atoms with Gasteiger partial charge in [-0.25, -0.2) is 4.98 Å². The number of nitrogens with one attached hydrogen (secondary N) is 1. The number of aromatic nitrogens is 1. The van der Waals surface area contributed by atoms with Gasteiger partial charge in [-0.2, -0.15) is 0 Å². The summed E-state index contributed by atoms with van der Waals surface area (Å²) in [5, 5.41) is 4.38. The first kappa shape index (κ1) is 15.0. The smallest absolute Gasteiger partial charge is 0.234 e. The molecule has 20 heavy (non-hydrogen) atoms. The molecule has 0 aliphatic carbocycles. The van der Waals surface area contributed by atoms with Crippen LogP contribution in [-0.4, -0.2) is 16.6 Å². The number of carbonyl (C=O) groups excluding carboxylic acids is 1. The Labute approximate surface area is 130 Å². The van der Waals surface area contributed by atoms with Gasteiger partial charge in [-0.15, -0.1) is 0 Å². The Bertz CT molecular complexity index is 637. The third-order valence-corrected chi connectivity index (χ3v) is 4.01. The van der Waals surface area contributed by atoms with E-state index in [1.165, 1.54) is 11.8 Å². The molecule has 1 aromatic carbocycles. The number of nitrogens with two attached hydrogens (primary N) is 1. The van der Waals surface area contributed by atoms with Crippen LogP contribution in [0.15, 0.2) is 41.6 Å². The van der Waals surface area contributed by atoms with Gasteiger partial charge in [0, 0.05) is 11.2 Å². The van der Waals surface area contributed by atoms with Gasteiger partial charge in [0.2, 0.25) is 5.91 Å². The first-order chi connectivity index (χ1) is 9.56. The number of amides is 1. The molecule has 0 unspecified atom stereocenters. The van der Waals surface area contributed by atoms with Crippen LogP contribution in [0.25, 0.3) is 0 Å². The molecule has 1 aromatic heterocycles. The largest absolute Gasteiger partial charge is 0.397 e. The number of halogens is 2. The van der Waals surface area contributed by atoms with Crippen molar-refractivity contribution in [2.75, 3.05) is 16.8 Å². The fourth-order valence-corrected chi connectivity index (χ4v) is 2.59. The van der Waals surface area contributed by atoms with E-state index < -0.39 is 0 Å². The van der Waals surface area contributed by atoms with Gasteiger partial charge in [-0.3, -0.25) is 4.79 Å². The number of nitrogens with zero attached hydrogens (tertiary/aromatic N) is 1. The molecule has 0 aliphatic heterocycles. The first-order valence-electron chi connectivity index (χ1n) is 5.64. The van der Waals surface area contributed by atoms with Crippen LogP contribution in [-0.2, 0) is 4.79 Å². The van der Waals surface area contributed by atoms with E-state index in [-0.39, 0.29) is 11.7 Å². The topological polar surface area (TPSA) is 68.0 Å². The lowest BCUT2D eigenvalue weighted by atomic mass is 10.2. The van der Waals surface area contributed by atoms with Gasteiger partial charge in [0.15, 0.2) is 0 Å². The molecule has 4 nitrogen and oxygen atoms in total. The van der Waals surface area contributed by atoms with Crippen molar-refractivity contribution in [2.24, 2.45) is 0 Å². The number of hydrogen-bond donors (Lipinski definition) is 2. The highest BCUT2D eigenvalue weighted by molar-refractivity contribution is 8.00. The van der Waals surface area contributed by atoms with Crippen LogP contribution in [0.2, 0.25) is 10.0 Å². The standard InChI is InChI=1S/C13H11Cl2N3OS/c14-8-3-4-11(10(16)6-8)18-12(19)7-20-13-9(15)2-1-5-17-13/h1-6H,7,16H2,(H,18,19). The molecule has 7 heteroatoms. The predicted molar refractivity (Wildman–Crippen MR) is 84.5 cm³/mol. The molecule has 0 bridgehead atoms. The number of hydrogen-bond acceptors (Lipinski definition) is 4. The number of thioether (sulfide) groups is 1. The number of anilines is 2. The number of benzene rings is 1. The molecular formula is C13H11Cl2N3OS. The highest BCUT2D eigenvalue weighted by Gasteiger charge is 2.08. The summed E-state index contributed by atoms with van der Waals surface area (Å²) in [6.07, 6.45) is 1.63. The van der Waals surface area contributed by atoms with Crippen molar-refractivity contribution in [3.8, 4) is 0 Å². The summed E-state index contributed by atoms with van der Waals surface area (Å²) < 4.78 is 0. The second-order valence-corrected chi connectivity index (χ2v) is 5.67. The lowest BCUT2D eigenvalue weighted by Crippen LogP contribution is -2.15. The van der Waals surface area contributed by atoms with Crippen LogP contribution in [0.1, 0.15) is 0 Å². The highest BCUT2D eigenvalue weighted by Crippen LogP contribution is 2.25. The fraction of sp³-hybridized carbons (Fsp3) is 0.0769. The van der Waals surface area contributed by atoms with E-state index in [9.17, 15) is 4.79 Å². The molecule has 0 fully saturated rings. The minimum absolute atomic E-state index is 0.189. The second-order valence-electron chi connectivity index (χ2n) is 3.86. The normalized spacial score (nSPS) is 10.3. The Morgan fingerprint density at radius 1 is 1.35 bits per heavy atom. The quantitative estimate of drug-likeness (QED) is 0.663. The Morgan fingerprint density at radius 3 is 2.85 bits per heavy atom. The summed E-state index contributed by atoms with van der Waals surface area (Å²) >= 11 is 13.0. The zero-order valence-corrected chi connectivity index (χ0v) is 12.6. The van der Waals surface area contributed by atoms with Crippen LogP contribution in [0.3, 0.4) is 0 Å². The maximum atomic E-state index is 11.8. The summed E-state index contributed by atoms with van der Waals surface area (Å²) in [5.41, 5.74) is 6.72. The molecule has 1 amide bonds. The minimum atomic E-state index is -0.189. The van der Waals surface area contributed by atoms with Gasteiger partial charge in [0.25, 0.3) is 0 Å². The van der Waals surface area contributed by atoms with E-state index in [1.54, 1.807) is 36.5 Å². The van der Waals surface area contributed by atoms with Gasteiger partial charge in [0.05, 0.1) is 22.2 Å². The molecule has 0 saturated heterocycles. The molecule has 3 N–H and O–H groups in total. The summed E-state index contributed by atoms with van der Waals surface area (Å²) in [6.45, 7) is 0. The Kier molecular flexibility index (Phi) is 5.11. The van der Waals surface area contributed by atoms with Gasteiger partial charge >= 0.3 is 0 Å². The number of nitrogen functional groups attached to an aromatic ring is 1. The zero-order valence-electron chi connectivity index (χ0n) is 10.3. The van der Waals surface area contributed by atoms with Crippen LogP contribution >= 0.6 is 35.0 Å². The van der Waals surface area contributed by atoms with Gasteiger partial charge in [-0.05, 0) is 30.3 Å². The van der Waals surface area contributed by atoms with Crippen LogP contribution < -0.4 is 11.1 Å². The number of rotatable bonds is 4. The predicted octanol–water partition coefficient (Wildman–Crippen LogP) is 3.70. The Hall–Kier alpha value is -1.43. The molecule has 0 radical (unpaired) electrons. The SMILES string of the molecule is Nc1cc(Cl)ccc1NC(=O)CSc1ncccc1Cl. The maximum absolute atomic E-state index is 11.8.